The van der Waals surface area contributed by atoms with Crippen LogP contribution in [-0.2, 0) is 28.5 Å². The van der Waals surface area contributed by atoms with Gasteiger partial charge in [-0.1, -0.05) is 19.6 Å². The molecule has 1 rings (SSSR count). The Morgan fingerprint density at radius 2 is 1.62 bits per heavy atom. The summed E-state index contributed by atoms with van der Waals surface area (Å²) in [7, 11) is 0.605. The van der Waals surface area contributed by atoms with Crippen LogP contribution in [0.3, 0.4) is 0 Å². The molecule has 2 atom stereocenters. The van der Waals surface area contributed by atoms with E-state index in [0.29, 0.717) is 6.61 Å². The zero-order chi connectivity index (χ0) is 16.4. The third-order valence-corrected chi connectivity index (χ3v) is 6.41. The maximum absolute atomic E-state index is 12.1. The second-order valence-corrected chi connectivity index (χ2v) is 12.2. The van der Waals surface area contributed by atoms with Crippen molar-refractivity contribution in [2.45, 2.75) is 50.9 Å². The third-order valence-electron chi connectivity index (χ3n) is 3.70. The standard InChI is InChI=1S/C14H26O6Si/c1-14(2)19-8-9(20-14)11(21(5,6)7)10(12(15)17-3)13(16)18-4/h9-11H,8H2,1-7H3/t9-,11+/m0/s1. The van der Waals surface area contributed by atoms with E-state index in [9.17, 15) is 9.59 Å². The van der Waals surface area contributed by atoms with Crippen LogP contribution in [-0.4, -0.2) is 52.7 Å². The Kier molecular flexibility index (Phi) is 5.57. The van der Waals surface area contributed by atoms with Gasteiger partial charge in [0.1, 0.15) is 0 Å². The van der Waals surface area contributed by atoms with Gasteiger partial charge in [0.15, 0.2) is 11.7 Å². The van der Waals surface area contributed by atoms with E-state index >= 15 is 0 Å². The van der Waals surface area contributed by atoms with Crippen molar-refractivity contribution in [2.24, 2.45) is 5.92 Å². The van der Waals surface area contributed by atoms with Crippen LogP contribution in [0.4, 0.5) is 0 Å². The normalized spacial score (nSPS) is 23.0. The summed E-state index contributed by atoms with van der Waals surface area (Å²) in [5.74, 6) is -2.85. The van der Waals surface area contributed by atoms with Gasteiger partial charge in [-0.05, 0) is 13.8 Å². The number of hydrogen-bond acceptors (Lipinski definition) is 6. The van der Waals surface area contributed by atoms with Crippen molar-refractivity contribution in [1.29, 1.82) is 0 Å². The fourth-order valence-electron chi connectivity index (χ4n) is 2.81. The van der Waals surface area contributed by atoms with Crippen LogP contribution in [0.2, 0.25) is 25.2 Å². The second kappa shape index (κ2) is 6.45. The Balaban J connectivity index is 3.16. The number of carbonyl (C=O) groups excluding carboxylic acids is 2. The lowest BCUT2D eigenvalue weighted by atomic mass is 10.0. The van der Waals surface area contributed by atoms with Gasteiger partial charge in [0.25, 0.3) is 0 Å². The number of rotatable bonds is 5. The summed E-state index contributed by atoms with van der Waals surface area (Å²) in [5, 5.41) is 0. The number of hydrogen-bond donors (Lipinski definition) is 0. The van der Waals surface area contributed by atoms with Crippen molar-refractivity contribution in [3.63, 3.8) is 0 Å². The minimum absolute atomic E-state index is 0.279. The van der Waals surface area contributed by atoms with Crippen molar-refractivity contribution in [2.75, 3.05) is 20.8 Å². The molecule has 0 amide bonds. The molecular weight excluding hydrogens is 292 g/mol. The van der Waals surface area contributed by atoms with Crippen LogP contribution < -0.4 is 0 Å². The highest BCUT2D eigenvalue weighted by atomic mass is 28.3. The van der Waals surface area contributed by atoms with Crippen LogP contribution in [0.15, 0.2) is 0 Å². The molecule has 7 heteroatoms. The molecule has 0 aliphatic carbocycles. The van der Waals surface area contributed by atoms with E-state index in [2.05, 4.69) is 19.6 Å². The number of ether oxygens (including phenoxy) is 4. The zero-order valence-corrected chi connectivity index (χ0v) is 14.9. The highest BCUT2D eigenvalue weighted by Crippen LogP contribution is 2.41. The fraction of sp³-hybridized carbons (Fsp3) is 0.857. The first-order chi connectivity index (χ1) is 9.53. The molecule has 21 heavy (non-hydrogen) atoms. The van der Waals surface area contributed by atoms with Gasteiger partial charge in [-0.2, -0.15) is 0 Å². The van der Waals surface area contributed by atoms with Gasteiger partial charge in [0.05, 0.1) is 35.0 Å². The Labute approximate surface area is 127 Å². The van der Waals surface area contributed by atoms with Crippen LogP contribution in [0, 0.1) is 5.92 Å². The van der Waals surface area contributed by atoms with E-state index in [1.54, 1.807) is 0 Å². The van der Waals surface area contributed by atoms with Crippen LogP contribution in [0.1, 0.15) is 13.8 Å². The van der Waals surface area contributed by atoms with Crippen molar-refractivity contribution in [3.8, 4) is 0 Å². The Morgan fingerprint density at radius 1 is 1.14 bits per heavy atom. The van der Waals surface area contributed by atoms with E-state index in [1.165, 1.54) is 14.2 Å². The summed E-state index contributed by atoms with van der Waals surface area (Å²) in [5.41, 5.74) is -0.279. The van der Waals surface area contributed by atoms with Gasteiger partial charge in [-0.3, -0.25) is 9.59 Å². The van der Waals surface area contributed by atoms with Crippen molar-refractivity contribution >= 4 is 20.0 Å². The molecule has 1 aliphatic rings. The summed E-state index contributed by atoms with van der Waals surface area (Å²) in [6, 6.07) is 0. The van der Waals surface area contributed by atoms with Crippen molar-refractivity contribution in [3.05, 3.63) is 0 Å². The minimum atomic E-state index is -1.94. The summed E-state index contributed by atoms with van der Waals surface area (Å²) in [6.07, 6.45) is -0.324. The fourth-order valence-corrected chi connectivity index (χ4v) is 5.36. The molecule has 122 valence electrons. The van der Waals surface area contributed by atoms with Crippen LogP contribution in [0.5, 0.6) is 0 Å². The summed E-state index contributed by atoms with van der Waals surface area (Å²) in [6.45, 7) is 10.3. The lowest BCUT2D eigenvalue weighted by molar-refractivity contribution is -0.164. The Hall–Kier alpha value is -0.923. The first kappa shape index (κ1) is 18.1. The van der Waals surface area contributed by atoms with E-state index in [1.807, 2.05) is 13.8 Å². The quantitative estimate of drug-likeness (QED) is 0.437. The lowest BCUT2D eigenvalue weighted by Crippen LogP contribution is -2.48. The molecule has 0 aromatic rings. The maximum Gasteiger partial charge on any atom is 0.320 e. The van der Waals surface area contributed by atoms with Gasteiger partial charge >= 0.3 is 11.9 Å². The molecule has 0 aromatic carbocycles. The molecule has 0 unspecified atom stereocenters. The monoisotopic (exact) mass is 318 g/mol. The SMILES string of the molecule is COC(=O)C(C(=O)OC)[C@@H]([C@@H]1COC(C)(C)O1)[Si](C)(C)C. The van der Waals surface area contributed by atoms with Gasteiger partial charge in [0.2, 0.25) is 0 Å². The third kappa shape index (κ3) is 4.27. The summed E-state index contributed by atoms with van der Waals surface area (Å²) >= 11 is 0. The van der Waals surface area contributed by atoms with E-state index < -0.39 is 31.7 Å². The first-order valence-electron chi connectivity index (χ1n) is 7.01. The predicted octanol–water partition coefficient (Wildman–Crippen LogP) is 1.81. The molecule has 0 bridgehead atoms. The summed E-state index contributed by atoms with van der Waals surface area (Å²) < 4.78 is 21.1. The number of methoxy groups -OCH3 is 2. The smallest absolute Gasteiger partial charge is 0.320 e. The average molecular weight is 318 g/mol. The average Bonchev–Trinajstić information content (AvgIpc) is 2.72. The van der Waals surface area contributed by atoms with Gasteiger partial charge in [-0.25, -0.2) is 0 Å². The molecule has 0 N–H and O–H groups in total. The first-order valence-corrected chi connectivity index (χ1v) is 10.6. The maximum atomic E-state index is 12.1. The number of carbonyl (C=O) groups is 2. The molecule has 1 heterocycles. The Bertz CT molecular complexity index is 385. The van der Waals surface area contributed by atoms with Crippen LogP contribution >= 0.6 is 0 Å². The molecule has 6 nitrogen and oxygen atoms in total. The highest BCUT2D eigenvalue weighted by molar-refractivity contribution is 6.78. The minimum Gasteiger partial charge on any atom is -0.468 e. The molecule has 1 saturated heterocycles. The van der Waals surface area contributed by atoms with E-state index in [0.717, 1.165) is 0 Å². The van der Waals surface area contributed by atoms with E-state index in [-0.39, 0.29) is 11.6 Å². The largest absolute Gasteiger partial charge is 0.468 e. The molecule has 0 radical (unpaired) electrons. The van der Waals surface area contributed by atoms with Crippen molar-refractivity contribution < 1.29 is 28.5 Å². The van der Waals surface area contributed by atoms with E-state index in [4.69, 9.17) is 18.9 Å². The second-order valence-electron chi connectivity index (χ2n) is 6.78. The predicted molar refractivity (Wildman–Crippen MR) is 79.5 cm³/mol. The molecular formula is C14H26O6Si. The Morgan fingerprint density at radius 3 is 1.90 bits per heavy atom. The van der Waals surface area contributed by atoms with Crippen LogP contribution in [0.25, 0.3) is 0 Å². The molecule has 1 aliphatic heterocycles. The van der Waals surface area contributed by atoms with Crippen molar-refractivity contribution in [1.82, 2.24) is 0 Å². The molecule has 0 aromatic heterocycles. The lowest BCUT2D eigenvalue weighted by Gasteiger charge is -2.36. The molecule has 0 saturated carbocycles. The highest BCUT2D eigenvalue weighted by Gasteiger charge is 2.51. The van der Waals surface area contributed by atoms with Gasteiger partial charge in [0, 0.05) is 5.54 Å². The topological polar surface area (TPSA) is 71.1 Å². The zero-order valence-electron chi connectivity index (χ0n) is 13.9. The van der Waals surface area contributed by atoms with Gasteiger partial charge < -0.3 is 18.9 Å². The summed E-state index contributed by atoms with van der Waals surface area (Å²) in [4.78, 5) is 24.2. The molecule has 1 fully saturated rings. The number of esters is 2. The van der Waals surface area contributed by atoms with Gasteiger partial charge in [-0.15, -0.1) is 0 Å². The molecule has 0 spiro atoms.